The summed E-state index contributed by atoms with van der Waals surface area (Å²) in [6.45, 7) is 4.19. The first-order valence-corrected chi connectivity index (χ1v) is 8.33. The van der Waals surface area contributed by atoms with E-state index in [2.05, 4.69) is 13.8 Å². The van der Waals surface area contributed by atoms with E-state index in [-0.39, 0.29) is 18.0 Å². The van der Waals surface area contributed by atoms with Crippen LogP contribution in [0.5, 0.6) is 0 Å². The highest BCUT2D eigenvalue weighted by molar-refractivity contribution is 6.33. The van der Waals surface area contributed by atoms with Crippen LogP contribution in [-0.2, 0) is 0 Å². The first-order chi connectivity index (χ1) is 11.0. The van der Waals surface area contributed by atoms with Gasteiger partial charge in [0, 0.05) is 17.6 Å². The number of hydrogen-bond donors (Lipinski definition) is 1. The summed E-state index contributed by atoms with van der Waals surface area (Å²) in [4.78, 5) is 14.7. The van der Waals surface area contributed by atoms with E-state index in [0.29, 0.717) is 22.2 Å². The van der Waals surface area contributed by atoms with Crippen molar-refractivity contribution in [1.29, 1.82) is 0 Å². The predicted octanol–water partition coefficient (Wildman–Crippen LogP) is 4.59. The summed E-state index contributed by atoms with van der Waals surface area (Å²) < 4.78 is 5.79. The summed E-state index contributed by atoms with van der Waals surface area (Å²) in [6, 6.07) is 9.33. The molecular formula is C18H21ClN2O2. The van der Waals surface area contributed by atoms with Crippen LogP contribution in [0.4, 0.5) is 5.69 Å². The summed E-state index contributed by atoms with van der Waals surface area (Å²) in [5, 5.41) is 0.507. The van der Waals surface area contributed by atoms with E-state index in [4.69, 9.17) is 21.8 Å². The molecule has 5 heteroatoms. The molecule has 3 rings (SSSR count). The first-order valence-electron chi connectivity index (χ1n) is 7.95. The molecule has 1 saturated heterocycles. The lowest BCUT2D eigenvalue weighted by Gasteiger charge is -2.38. The number of rotatable bonds is 2. The molecule has 1 aliphatic rings. The van der Waals surface area contributed by atoms with Crippen molar-refractivity contribution in [3.05, 3.63) is 41.1 Å². The van der Waals surface area contributed by atoms with E-state index in [9.17, 15) is 4.79 Å². The molecule has 1 amide bonds. The van der Waals surface area contributed by atoms with Crippen molar-refractivity contribution in [3.8, 4) is 11.3 Å². The number of nitrogen functional groups attached to an aromatic ring is 1. The number of benzene rings is 1. The third-order valence-corrected chi connectivity index (χ3v) is 4.87. The molecule has 0 radical (unpaired) electrons. The monoisotopic (exact) mass is 332 g/mol. The van der Waals surface area contributed by atoms with Crippen LogP contribution in [0.3, 0.4) is 0 Å². The molecule has 2 atom stereocenters. The molecule has 2 aromatic rings. The number of nitrogens with zero attached hydrogens (tertiary/aromatic N) is 1. The average Bonchev–Trinajstić information content (AvgIpc) is 2.99. The lowest BCUT2D eigenvalue weighted by atomic mass is 9.97. The molecule has 2 N–H and O–H groups in total. The standard InChI is InChI=1S/C18H21ClN2O2/c1-11-4-3-5-12(2)21(11)18(22)17-9-8-16(23-17)13-6-7-14(19)15(20)10-13/h6-12H,3-5,20H2,1-2H3/t11-,12-/m1/s1. The van der Waals surface area contributed by atoms with E-state index in [1.54, 1.807) is 24.3 Å². The lowest BCUT2D eigenvalue weighted by Crippen LogP contribution is -2.47. The number of likely N-dealkylation sites (tertiary alicyclic amines) is 1. The van der Waals surface area contributed by atoms with Gasteiger partial charge < -0.3 is 15.1 Å². The van der Waals surface area contributed by atoms with Gasteiger partial charge in [0.1, 0.15) is 5.76 Å². The minimum absolute atomic E-state index is 0.0436. The summed E-state index contributed by atoms with van der Waals surface area (Å²) >= 11 is 5.94. The van der Waals surface area contributed by atoms with Crippen LogP contribution in [-0.4, -0.2) is 22.9 Å². The molecule has 1 fully saturated rings. The smallest absolute Gasteiger partial charge is 0.290 e. The zero-order chi connectivity index (χ0) is 16.6. The van der Waals surface area contributed by atoms with Crippen LogP contribution < -0.4 is 5.73 Å². The Morgan fingerprint density at radius 2 is 1.91 bits per heavy atom. The number of hydrogen-bond acceptors (Lipinski definition) is 3. The van der Waals surface area contributed by atoms with Gasteiger partial charge >= 0.3 is 0 Å². The second-order valence-electron chi connectivity index (χ2n) is 6.24. The second kappa shape index (κ2) is 6.28. The Balaban J connectivity index is 1.86. The number of nitrogens with two attached hydrogens (primary N) is 1. The Kier molecular flexibility index (Phi) is 4.35. The Morgan fingerprint density at radius 1 is 1.22 bits per heavy atom. The van der Waals surface area contributed by atoms with Gasteiger partial charge in [0.15, 0.2) is 5.76 Å². The topological polar surface area (TPSA) is 59.5 Å². The van der Waals surface area contributed by atoms with E-state index >= 15 is 0 Å². The van der Waals surface area contributed by atoms with Crippen molar-refractivity contribution in [2.75, 3.05) is 5.73 Å². The van der Waals surface area contributed by atoms with E-state index in [0.717, 1.165) is 18.4 Å². The van der Waals surface area contributed by atoms with Crippen molar-refractivity contribution in [1.82, 2.24) is 4.90 Å². The maximum absolute atomic E-state index is 12.8. The number of carbonyl (C=O) groups excluding carboxylic acids is 1. The van der Waals surface area contributed by atoms with Crippen molar-refractivity contribution >= 4 is 23.2 Å². The van der Waals surface area contributed by atoms with Crippen LogP contribution in [0.2, 0.25) is 5.02 Å². The molecule has 1 aromatic carbocycles. The third kappa shape index (κ3) is 3.08. The Morgan fingerprint density at radius 3 is 2.57 bits per heavy atom. The minimum Gasteiger partial charge on any atom is -0.451 e. The number of anilines is 1. The first kappa shape index (κ1) is 15.9. The Bertz CT molecular complexity index is 716. The van der Waals surface area contributed by atoms with Crippen LogP contribution in [0.1, 0.15) is 43.7 Å². The fourth-order valence-electron chi connectivity index (χ4n) is 3.25. The number of halogens is 1. The highest BCUT2D eigenvalue weighted by atomic mass is 35.5. The molecule has 0 spiro atoms. The normalized spacial score (nSPS) is 21.4. The number of furan rings is 1. The number of carbonyl (C=O) groups is 1. The van der Waals surface area contributed by atoms with Crippen molar-refractivity contribution in [2.24, 2.45) is 0 Å². The zero-order valence-corrected chi connectivity index (χ0v) is 14.1. The summed E-state index contributed by atoms with van der Waals surface area (Å²) in [5.74, 6) is 0.945. The van der Waals surface area contributed by atoms with Gasteiger partial charge in [-0.25, -0.2) is 0 Å². The van der Waals surface area contributed by atoms with E-state index in [1.807, 2.05) is 11.0 Å². The van der Waals surface area contributed by atoms with Crippen LogP contribution in [0.25, 0.3) is 11.3 Å². The second-order valence-corrected chi connectivity index (χ2v) is 6.65. The maximum atomic E-state index is 12.8. The summed E-state index contributed by atoms with van der Waals surface area (Å²) in [5.41, 5.74) is 7.13. The molecule has 122 valence electrons. The number of piperidine rings is 1. The summed E-state index contributed by atoms with van der Waals surface area (Å²) in [7, 11) is 0. The average molecular weight is 333 g/mol. The van der Waals surface area contributed by atoms with Gasteiger partial charge in [0.2, 0.25) is 0 Å². The fourth-order valence-corrected chi connectivity index (χ4v) is 3.37. The molecule has 0 unspecified atom stereocenters. The molecule has 2 heterocycles. The lowest BCUT2D eigenvalue weighted by molar-refractivity contribution is 0.0479. The molecule has 23 heavy (non-hydrogen) atoms. The largest absolute Gasteiger partial charge is 0.451 e. The summed E-state index contributed by atoms with van der Waals surface area (Å²) in [6.07, 6.45) is 3.24. The zero-order valence-electron chi connectivity index (χ0n) is 13.4. The quantitative estimate of drug-likeness (QED) is 0.818. The highest BCUT2D eigenvalue weighted by Gasteiger charge is 2.31. The SMILES string of the molecule is C[C@@H]1CCC[C@@H](C)N1C(=O)c1ccc(-c2ccc(Cl)c(N)c2)o1. The van der Waals surface area contributed by atoms with E-state index < -0.39 is 0 Å². The number of amides is 1. The van der Waals surface area contributed by atoms with Crippen LogP contribution >= 0.6 is 11.6 Å². The van der Waals surface area contributed by atoms with Gasteiger partial charge in [-0.15, -0.1) is 0 Å². The molecule has 0 bridgehead atoms. The van der Waals surface area contributed by atoms with Crippen molar-refractivity contribution < 1.29 is 9.21 Å². The Labute approximate surface area is 141 Å². The van der Waals surface area contributed by atoms with Gasteiger partial charge in [-0.2, -0.15) is 0 Å². The van der Waals surface area contributed by atoms with Crippen molar-refractivity contribution in [2.45, 2.75) is 45.2 Å². The molecule has 1 aliphatic heterocycles. The Hall–Kier alpha value is -1.94. The molecule has 4 nitrogen and oxygen atoms in total. The van der Waals surface area contributed by atoms with Gasteiger partial charge in [-0.3, -0.25) is 4.79 Å². The van der Waals surface area contributed by atoms with E-state index in [1.165, 1.54) is 6.42 Å². The van der Waals surface area contributed by atoms with Gasteiger partial charge in [0.25, 0.3) is 5.91 Å². The van der Waals surface area contributed by atoms with Crippen LogP contribution in [0, 0.1) is 0 Å². The fraction of sp³-hybridized carbons (Fsp3) is 0.389. The van der Waals surface area contributed by atoms with Gasteiger partial charge in [0.05, 0.1) is 10.7 Å². The van der Waals surface area contributed by atoms with Crippen molar-refractivity contribution in [3.63, 3.8) is 0 Å². The molecule has 0 aliphatic carbocycles. The van der Waals surface area contributed by atoms with Gasteiger partial charge in [-0.05, 0) is 63.4 Å². The minimum atomic E-state index is -0.0436. The van der Waals surface area contributed by atoms with Gasteiger partial charge in [-0.1, -0.05) is 11.6 Å². The maximum Gasteiger partial charge on any atom is 0.290 e. The van der Waals surface area contributed by atoms with Crippen LogP contribution in [0.15, 0.2) is 34.7 Å². The predicted molar refractivity (Wildman–Crippen MR) is 92.5 cm³/mol. The highest BCUT2D eigenvalue weighted by Crippen LogP contribution is 2.30. The molecular weight excluding hydrogens is 312 g/mol. The molecule has 0 saturated carbocycles. The molecule has 1 aromatic heterocycles. The third-order valence-electron chi connectivity index (χ3n) is 4.53.